The Morgan fingerprint density at radius 2 is 2.00 bits per heavy atom. The van der Waals surface area contributed by atoms with E-state index in [4.69, 9.17) is 22.1 Å². The lowest BCUT2D eigenvalue weighted by molar-refractivity contribution is 0.170. The minimum Gasteiger partial charge on any atom is -0.484 e. The van der Waals surface area contributed by atoms with Gasteiger partial charge < -0.3 is 10.5 Å². The molecule has 4 heteroatoms. The van der Waals surface area contributed by atoms with Gasteiger partial charge in [0, 0.05) is 15.5 Å². The second-order valence-corrected chi connectivity index (χ2v) is 6.43. The van der Waals surface area contributed by atoms with Crippen molar-refractivity contribution in [3.05, 3.63) is 63.1 Å². The zero-order chi connectivity index (χ0) is 15.4. The summed E-state index contributed by atoms with van der Waals surface area (Å²) >= 11 is 9.57. The van der Waals surface area contributed by atoms with Crippen molar-refractivity contribution < 1.29 is 4.74 Å². The molecule has 0 saturated carbocycles. The Morgan fingerprint density at radius 1 is 1.24 bits per heavy atom. The minimum absolute atomic E-state index is 0.0955. The van der Waals surface area contributed by atoms with Crippen molar-refractivity contribution in [3.63, 3.8) is 0 Å². The molecule has 0 bridgehead atoms. The molecule has 2 aromatic rings. The molecule has 0 aliphatic carbocycles. The second-order valence-electron chi connectivity index (χ2n) is 5.08. The van der Waals surface area contributed by atoms with Crippen LogP contribution in [0.4, 0.5) is 0 Å². The topological polar surface area (TPSA) is 35.2 Å². The summed E-state index contributed by atoms with van der Waals surface area (Å²) in [6, 6.07) is 13.6. The summed E-state index contributed by atoms with van der Waals surface area (Å²) in [6.45, 7) is 4.08. The highest BCUT2D eigenvalue weighted by molar-refractivity contribution is 9.10. The fraction of sp³-hybridized carbons (Fsp3) is 0.294. The van der Waals surface area contributed by atoms with Gasteiger partial charge in [-0.15, -0.1) is 0 Å². The molecular formula is C17H19BrClNO. The molecule has 112 valence electrons. The van der Waals surface area contributed by atoms with Crippen LogP contribution in [0.25, 0.3) is 0 Å². The van der Waals surface area contributed by atoms with E-state index in [1.54, 1.807) is 0 Å². The van der Waals surface area contributed by atoms with E-state index >= 15 is 0 Å². The first-order chi connectivity index (χ1) is 10.0. The number of benzene rings is 2. The van der Waals surface area contributed by atoms with Crippen LogP contribution in [0.2, 0.25) is 5.02 Å². The molecule has 0 aliphatic rings. The SMILES string of the molecule is CCC(N)C(Oc1cc(Br)ccc1C)c1cccc(Cl)c1. The smallest absolute Gasteiger partial charge is 0.139 e. The summed E-state index contributed by atoms with van der Waals surface area (Å²) in [6.07, 6.45) is 0.603. The lowest BCUT2D eigenvalue weighted by atomic mass is 10.0. The van der Waals surface area contributed by atoms with Gasteiger partial charge in [-0.25, -0.2) is 0 Å². The molecule has 21 heavy (non-hydrogen) atoms. The van der Waals surface area contributed by atoms with Gasteiger partial charge in [-0.1, -0.05) is 52.7 Å². The lowest BCUT2D eigenvalue weighted by Gasteiger charge is -2.26. The van der Waals surface area contributed by atoms with Gasteiger partial charge in [-0.05, 0) is 48.7 Å². The monoisotopic (exact) mass is 367 g/mol. The third-order valence-electron chi connectivity index (χ3n) is 3.44. The van der Waals surface area contributed by atoms with Crippen molar-refractivity contribution >= 4 is 27.5 Å². The fourth-order valence-electron chi connectivity index (χ4n) is 2.14. The highest BCUT2D eigenvalue weighted by Gasteiger charge is 2.21. The molecule has 0 heterocycles. The van der Waals surface area contributed by atoms with Crippen molar-refractivity contribution in [2.45, 2.75) is 32.4 Å². The number of hydrogen-bond donors (Lipinski definition) is 1. The number of aryl methyl sites for hydroxylation is 1. The molecule has 2 aromatic carbocycles. The average molecular weight is 369 g/mol. The maximum Gasteiger partial charge on any atom is 0.139 e. The van der Waals surface area contributed by atoms with Gasteiger partial charge in [0.1, 0.15) is 11.9 Å². The maximum atomic E-state index is 6.26. The molecule has 2 nitrogen and oxygen atoms in total. The van der Waals surface area contributed by atoms with Crippen LogP contribution in [0, 0.1) is 6.92 Å². The summed E-state index contributed by atoms with van der Waals surface area (Å²) < 4.78 is 7.19. The van der Waals surface area contributed by atoms with Crippen LogP contribution in [0.3, 0.4) is 0 Å². The molecular weight excluding hydrogens is 350 g/mol. The van der Waals surface area contributed by atoms with Crippen LogP contribution in [0.15, 0.2) is 46.9 Å². The molecule has 0 fully saturated rings. The molecule has 0 radical (unpaired) electrons. The lowest BCUT2D eigenvalue weighted by Crippen LogP contribution is -2.31. The Labute approximate surface area is 139 Å². The van der Waals surface area contributed by atoms with Crippen molar-refractivity contribution in [2.24, 2.45) is 5.73 Å². The Balaban J connectivity index is 2.35. The quantitative estimate of drug-likeness (QED) is 0.780. The van der Waals surface area contributed by atoms with Crippen LogP contribution >= 0.6 is 27.5 Å². The molecule has 0 aromatic heterocycles. The largest absolute Gasteiger partial charge is 0.484 e. The molecule has 2 rings (SSSR count). The summed E-state index contributed by atoms with van der Waals surface area (Å²) in [5, 5.41) is 0.690. The molecule has 2 atom stereocenters. The fourth-order valence-corrected chi connectivity index (χ4v) is 2.68. The summed E-state index contributed by atoms with van der Waals surface area (Å²) in [4.78, 5) is 0. The van der Waals surface area contributed by atoms with Crippen LogP contribution in [0.1, 0.15) is 30.6 Å². The van der Waals surface area contributed by atoms with Gasteiger partial charge in [-0.3, -0.25) is 0 Å². The summed E-state index contributed by atoms with van der Waals surface area (Å²) in [5.74, 6) is 0.832. The highest BCUT2D eigenvalue weighted by Crippen LogP contribution is 2.31. The van der Waals surface area contributed by atoms with Crippen LogP contribution in [-0.2, 0) is 0 Å². The number of hydrogen-bond acceptors (Lipinski definition) is 2. The number of ether oxygens (including phenoxy) is 1. The molecule has 0 aliphatic heterocycles. The highest BCUT2D eigenvalue weighted by atomic mass is 79.9. The Bertz CT molecular complexity index is 617. The minimum atomic E-state index is -0.221. The molecule has 0 amide bonds. The first kappa shape index (κ1) is 16.3. The Morgan fingerprint density at radius 3 is 2.67 bits per heavy atom. The number of rotatable bonds is 5. The number of nitrogens with two attached hydrogens (primary N) is 1. The zero-order valence-electron chi connectivity index (χ0n) is 12.1. The van der Waals surface area contributed by atoms with Crippen molar-refractivity contribution in [1.82, 2.24) is 0 Å². The second kappa shape index (κ2) is 7.30. The first-order valence-corrected chi connectivity index (χ1v) is 8.12. The Kier molecular flexibility index (Phi) is 5.68. The van der Waals surface area contributed by atoms with Crippen LogP contribution < -0.4 is 10.5 Å². The third-order valence-corrected chi connectivity index (χ3v) is 4.17. The van der Waals surface area contributed by atoms with Gasteiger partial charge >= 0.3 is 0 Å². The van der Waals surface area contributed by atoms with Gasteiger partial charge in [0.2, 0.25) is 0 Å². The average Bonchev–Trinajstić information content (AvgIpc) is 2.47. The van der Waals surface area contributed by atoms with E-state index in [0.29, 0.717) is 5.02 Å². The van der Waals surface area contributed by atoms with E-state index in [9.17, 15) is 0 Å². The third kappa shape index (κ3) is 4.22. The van der Waals surface area contributed by atoms with Gasteiger partial charge in [0.15, 0.2) is 0 Å². The van der Waals surface area contributed by atoms with Crippen molar-refractivity contribution in [2.75, 3.05) is 0 Å². The molecule has 2 unspecified atom stereocenters. The van der Waals surface area contributed by atoms with E-state index in [2.05, 4.69) is 22.9 Å². The predicted octanol–water partition coefficient (Wildman–Crippen LogP) is 5.27. The van der Waals surface area contributed by atoms with E-state index < -0.39 is 0 Å². The van der Waals surface area contributed by atoms with E-state index in [1.165, 1.54) is 0 Å². The van der Waals surface area contributed by atoms with Crippen molar-refractivity contribution in [1.29, 1.82) is 0 Å². The van der Waals surface area contributed by atoms with Gasteiger partial charge in [0.05, 0.1) is 0 Å². The standard InChI is InChI=1S/C17H19BrClNO/c1-3-15(20)17(12-5-4-6-14(19)9-12)21-16-10-13(18)8-7-11(16)2/h4-10,15,17H,3,20H2,1-2H3. The van der Waals surface area contributed by atoms with Gasteiger partial charge in [-0.2, -0.15) is 0 Å². The Hall–Kier alpha value is -1.03. The summed E-state index contributed by atoms with van der Waals surface area (Å²) in [5.41, 5.74) is 8.33. The maximum absolute atomic E-state index is 6.26. The van der Waals surface area contributed by atoms with Crippen molar-refractivity contribution in [3.8, 4) is 5.75 Å². The molecule has 2 N–H and O–H groups in total. The zero-order valence-corrected chi connectivity index (χ0v) is 14.5. The first-order valence-electron chi connectivity index (χ1n) is 6.95. The number of halogens is 2. The normalized spacial score (nSPS) is 13.8. The predicted molar refractivity (Wildman–Crippen MR) is 92.0 cm³/mol. The van der Waals surface area contributed by atoms with E-state index in [1.807, 2.05) is 49.4 Å². The molecule has 0 spiro atoms. The van der Waals surface area contributed by atoms with E-state index in [0.717, 1.165) is 27.8 Å². The van der Waals surface area contributed by atoms with Crippen LogP contribution in [0.5, 0.6) is 5.75 Å². The summed E-state index contributed by atoms with van der Waals surface area (Å²) in [7, 11) is 0. The van der Waals surface area contributed by atoms with Gasteiger partial charge in [0.25, 0.3) is 0 Å². The van der Waals surface area contributed by atoms with E-state index in [-0.39, 0.29) is 12.1 Å². The molecule has 0 saturated heterocycles. The van der Waals surface area contributed by atoms with Crippen LogP contribution in [-0.4, -0.2) is 6.04 Å².